The predicted molar refractivity (Wildman–Crippen MR) is 84.1 cm³/mol. The Morgan fingerprint density at radius 2 is 2.19 bits per heavy atom. The molecule has 1 aliphatic rings. The molecular weight excluding hydrogens is 260 g/mol. The summed E-state index contributed by atoms with van der Waals surface area (Å²) in [6, 6.07) is 11.6. The van der Waals surface area contributed by atoms with Crippen LogP contribution in [0.1, 0.15) is 38.2 Å². The van der Waals surface area contributed by atoms with Gasteiger partial charge in [0.2, 0.25) is 0 Å². The zero-order valence-corrected chi connectivity index (χ0v) is 12.7. The molecule has 0 saturated heterocycles. The average Bonchev–Trinajstić information content (AvgIpc) is 3.15. The Morgan fingerprint density at radius 1 is 1.33 bits per heavy atom. The van der Waals surface area contributed by atoms with Gasteiger partial charge in [0.15, 0.2) is 0 Å². The van der Waals surface area contributed by atoms with Gasteiger partial charge in [0, 0.05) is 18.8 Å². The normalized spacial score (nSPS) is 25.3. The number of nitrogens with zero attached hydrogens (tertiary/aromatic N) is 3. The van der Waals surface area contributed by atoms with Crippen LogP contribution in [0.3, 0.4) is 0 Å². The third-order valence-corrected chi connectivity index (χ3v) is 4.68. The average molecular weight is 284 g/mol. The molecule has 0 unspecified atom stereocenters. The lowest BCUT2D eigenvalue weighted by atomic mass is 9.81. The second-order valence-electron chi connectivity index (χ2n) is 6.34. The molecule has 4 nitrogen and oxygen atoms in total. The first-order chi connectivity index (χ1) is 10.3. The Hall–Kier alpha value is -1.68. The van der Waals surface area contributed by atoms with Crippen molar-refractivity contribution >= 4 is 0 Å². The van der Waals surface area contributed by atoms with Crippen molar-refractivity contribution in [2.75, 3.05) is 6.54 Å². The van der Waals surface area contributed by atoms with Crippen LogP contribution in [-0.2, 0) is 12.0 Å². The van der Waals surface area contributed by atoms with E-state index in [9.17, 15) is 0 Å². The molecule has 0 bridgehead atoms. The number of rotatable bonds is 6. The number of benzene rings is 1. The first-order valence-electron chi connectivity index (χ1n) is 7.89. The predicted octanol–water partition coefficient (Wildman–Crippen LogP) is 2.77. The van der Waals surface area contributed by atoms with Crippen molar-refractivity contribution in [2.45, 2.75) is 50.6 Å². The van der Waals surface area contributed by atoms with E-state index in [0.29, 0.717) is 11.5 Å². The van der Waals surface area contributed by atoms with Crippen molar-refractivity contribution in [1.82, 2.24) is 20.3 Å². The third-order valence-electron chi connectivity index (χ3n) is 4.68. The van der Waals surface area contributed by atoms with E-state index in [0.717, 1.165) is 19.5 Å². The van der Waals surface area contributed by atoms with Gasteiger partial charge in [0.05, 0.1) is 6.20 Å². The SMILES string of the molecule is C[C@]1(c2ccccc2)CC[C@H](NCCCn2ccnn2)C1. The smallest absolute Gasteiger partial charge is 0.0692 e. The van der Waals surface area contributed by atoms with Crippen LogP contribution in [0.2, 0.25) is 0 Å². The second-order valence-corrected chi connectivity index (χ2v) is 6.34. The molecule has 0 spiro atoms. The molecule has 0 amide bonds. The number of aryl methyl sites for hydroxylation is 1. The van der Waals surface area contributed by atoms with Gasteiger partial charge in [-0.15, -0.1) is 5.10 Å². The van der Waals surface area contributed by atoms with Crippen LogP contribution in [-0.4, -0.2) is 27.6 Å². The summed E-state index contributed by atoms with van der Waals surface area (Å²) in [6.45, 7) is 4.39. The minimum atomic E-state index is 0.338. The van der Waals surface area contributed by atoms with Crippen LogP contribution < -0.4 is 5.32 Å². The molecule has 1 saturated carbocycles. The highest BCUT2D eigenvalue weighted by molar-refractivity contribution is 5.26. The summed E-state index contributed by atoms with van der Waals surface area (Å²) in [6.07, 6.45) is 8.53. The third kappa shape index (κ3) is 3.50. The maximum atomic E-state index is 3.99. The van der Waals surface area contributed by atoms with Crippen LogP contribution >= 0.6 is 0 Å². The lowest BCUT2D eigenvalue weighted by Gasteiger charge is -2.25. The number of nitrogens with one attached hydrogen (secondary N) is 1. The summed E-state index contributed by atoms with van der Waals surface area (Å²) in [5.74, 6) is 0. The largest absolute Gasteiger partial charge is 0.314 e. The molecular formula is C17H24N4. The van der Waals surface area contributed by atoms with Gasteiger partial charge < -0.3 is 5.32 Å². The van der Waals surface area contributed by atoms with Crippen molar-refractivity contribution in [3.8, 4) is 0 Å². The fourth-order valence-corrected chi connectivity index (χ4v) is 3.42. The maximum absolute atomic E-state index is 3.99. The quantitative estimate of drug-likeness (QED) is 0.829. The highest BCUT2D eigenvalue weighted by Crippen LogP contribution is 2.40. The van der Waals surface area contributed by atoms with Gasteiger partial charge >= 0.3 is 0 Å². The van der Waals surface area contributed by atoms with Crippen LogP contribution in [0.15, 0.2) is 42.7 Å². The Morgan fingerprint density at radius 3 is 2.95 bits per heavy atom. The zero-order valence-electron chi connectivity index (χ0n) is 12.7. The summed E-state index contributed by atoms with van der Waals surface area (Å²) in [7, 11) is 0. The summed E-state index contributed by atoms with van der Waals surface area (Å²) in [5.41, 5.74) is 1.82. The summed E-state index contributed by atoms with van der Waals surface area (Å²) < 4.78 is 1.89. The van der Waals surface area contributed by atoms with Crippen molar-refractivity contribution in [3.05, 3.63) is 48.3 Å². The Kier molecular flexibility index (Phi) is 4.34. The van der Waals surface area contributed by atoms with E-state index in [1.165, 1.54) is 24.8 Å². The van der Waals surface area contributed by atoms with Crippen molar-refractivity contribution in [3.63, 3.8) is 0 Å². The van der Waals surface area contributed by atoms with E-state index in [-0.39, 0.29) is 0 Å². The molecule has 21 heavy (non-hydrogen) atoms. The second kappa shape index (κ2) is 6.39. The molecule has 1 aliphatic carbocycles. The minimum absolute atomic E-state index is 0.338. The molecule has 4 heteroatoms. The Bertz CT molecular complexity index is 537. The lowest BCUT2D eigenvalue weighted by molar-refractivity contribution is 0.440. The molecule has 2 aromatic rings. The van der Waals surface area contributed by atoms with E-state index >= 15 is 0 Å². The molecule has 2 atom stereocenters. The number of aromatic nitrogens is 3. The molecule has 3 rings (SSSR count). The van der Waals surface area contributed by atoms with Gasteiger partial charge in [-0.1, -0.05) is 42.5 Å². The van der Waals surface area contributed by atoms with Gasteiger partial charge in [-0.05, 0) is 43.2 Å². The highest BCUT2D eigenvalue weighted by Gasteiger charge is 2.35. The number of hydrogen-bond acceptors (Lipinski definition) is 3. The van der Waals surface area contributed by atoms with E-state index < -0.39 is 0 Å². The fraction of sp³-hybridized carbons (Fsp3) is 0.529. The van der Waals surface area contributed by atoms with Gasteiger partial charge in [-0.25, -0.2) is 0 Å². The molecule has 1 N–H and O–H groups in total. The van der Waals surface area contributed by atoms with Crippen molar-refractivity contribution in [2.24, 2.45) is 0 Å². The summed E-state index contributed by atoms with van der Waals surface area (Å²) in [4.78, 5) is 0. The van der Waals surface area contributed by atoms with Gasteiger partial charge in [0.1, 0.15) is 0 Å². The first-order valence-corrected chi connectivity index (χ1v) is 7.89. The van der Waals surface area contributed by atoms with Crippen LogP contribution in [0.4, 0.5) is 0 Å². The zero-order chi connectivity index (χ0) is 14.5. The van der Waals surface area contributed by atoms with Crippen LogP contribution in [0.5, 0.6) is 0 Å². The molecule has 0 aliphatic heterocycles. The van der Waals surface area contributed by atoms with Gasteiger partial charge in [-0.2, -0.15) is 0 Å². The summed E-state index contributed by atoms with van der Waals surface area (Å²) >= 11 is 0. The van der Waals surface area contributed by atoms with E-state index in [2.05, 4.69) is 52.9 Å². The topological polar surface area (TPSA) is 42.7 Å². The van der Waals surface area contributed by atoms with Gasteiger partial charge in [0.25, 0.3) is 0 Å². The van der Waals surface area contributed by atoms with Crippen LogP contribution in [0.25, 0.3) is 0 Å². The molecule has 1 aromatic heterocycles. The fourth-order valence-electron chi connectivity index (χ4n) is 3.42. The minimum Gasteiger partial charge on any atom is -0.314 e. The van der Waals surface area contributed by atoms with E-state index in [1.807, 2.05) is 10.9 Å². The van der Waals surface area contributed by atoms with Crippen molar-refractivity contribution in [1.29, 1.82) is 0 Å². The summed E-state index contributed by atoms with van der Waals surface area (Å²) in [5, 5.41) is 11.5. The van der Waals surface area contributed by atoms with Crippen LogP contribution in [0, 0.1) is 0 Å². The standard InChI is InChI=1S/C17H24N4/c1-17(15-6-3-2-4-7-15)9-8-16(14-17)18-10-5-12-21-13-11-19-20-21/h2-4,6-7,11,13,16,18H,5,8-10,12,14H2,1H3/t16-,17-/m0/s1. The Balaban J connectivity index is 1.44. The molecule has 0 radical (unpaired) electrons. The molecule has 1 fully saturated rings. The monoisotopic (exact) mass is 284 g/mol. The lowest BCUT2D eigenvalue weighted by Crippen LogP contribution is -2.30. The highest BCUT2D eigenvalue weighted by atomic mass is 15.4. The molecule has 1 aromatic carbocycles. The molecule has 112 valence electrons. The maximum Gasteiger partial charge on any atom is 0.0692 e. The van der Waals surface area contributed by atoms with Crippen molar-refractivity contribution < 1.29 is 0 Å². The first kappa shape index (κ1) is 14.3. The van der Waals surface area contributed by atoms with E-state index in [1.54, 1.807) is 6.20 Å². The molecule has 1 heterocycles. The number of hydrogen-bond donors (Lipinski definition) is 1. The van der Waals surface area contributed by atoms with Gasteiger partial charge in [-0.3, -0.25) is 4.68 Å². The van der Waals surface area contributed by atoms with E-state index in [4.69, 9.17) is 0 Å². The Labute approximate surface area is 126 Å².